The lowest BCUT2D eigenvalue weighted by atomic mass is 10.0. The van der Waals surface area contributed by atoms with E-state index in [0.29, 0.717) is 22.4 Å². The molecular formula is C21H15FN2. The predicted octanol–water partition coefficient (Wildman–Crippen LogP) is 5.41. The highest BCUT2D eigenvalue weighted by atomic mass is 19.1. The molecule has 0 N–H and O–H groups in total. The second-order valence-electron chi connectivity index (χ2n) is 5.76. The Hall–Kier alpha value is -3.07. The Balaban J connectivity index is 2.04. The minimum absolute atomic E-state index is 0.303. The van der Waals surface area contributed by atoms with Gasteiger partial charge in [0.25, 0.3) is 0 Å². The summed E-state index contributed by atoms with van der Waals surface area (Å²) < 4.78 is 14.5. The van der Waals surface area contributed by atoms with Gasteiger partial charge < -0.3 is 0 Å². The fourth-order valence-electron chi connectivity index (χ4n) is 2.78. The van der Waals surface area contributed by atoms with E-state index in [0.717, 1.165) is 16.7 Å². The Kier molecular flexibility index (Phi) is 3.54. The Labute approximate surface area is 139 Å². The summed E-state index contributed by atoms with van der Waals surface area (Å²) in [6.45, 7) is 2.03. The normalized spacial score (nSPS) is 10.9. The van der Waals surface area contributed by atoms with Crippen molar-refractivity contribution in [3.8, 4) is 22.6 Å². The quantitative estimate of drug-likeness (QED) is 0.494. The molecule has 4 rings (SSSR count). The monoisotopic (exact) mass is 314 g/mol. The number of hydrogen-bond acceptors (Lipinski definition) is 2. The summed E-state index contributed by atoms with van der Waals surface area (Å²) in [5.74, 6) is 0.298. The highest BCUT2D eigenvalue weighted by molar-refractivity contribution is 5.94. The molecule has 0 saturated heterocycles. The van der Waals surface area contributed by atoms with Gasteiger partial charge in [0.05, 0.1) is 16.6 Å². The van der Waals surface area contributed by atoms with E-state index in [4.69, 9.17) is 0 Å². The van der Waals surface area contributed by atoms with Gasteiger partial charge in [0.1, 0.15) is 5.82 Å². The molecule has 0 aliphatic rings. The van der Waals surface area contributed by atoms with E-state index in [2.05, 4.69) is 9.97 Å². The van der Waals surface area contributed by atoms with Crippen LogP contribution in [0.5, 0.6) is 0 Å². The predicted molar refractivity (Wildman–Crippen MR) is 95.1 cm³/mol. The smallest absolute Gasteiger partial charge is 0.160 e. The standard InChI is InChI=1S/C21H15FN2/c1-14-10-12-15(13-11-14)20-19-17(22)8-5-9-18(19)23-21(24-20)16-6-3-2-4-7-16/h2-13H,1H3. The highest BCUT2D eigenvalue weighted by Crippen LogP contribution is 2.30. The molecule has 0 bridgehead atoms. The molecule has 0 spiro atoms. The summed E-state index contributed by atoms with van der Waals surface area (Å²) in [7, 11) is 0. The number of halogens is 1. The van der Waals surface area contributed by atoms with Crippen molar-refractivity contribution in [2.45, 2.75) is 6.92 Å². The fraction of sp³-hybridized carbons (Fsp3) is 0.0476. The number of hydrogen-bond donors (Lipinski definition) is 0. The van der Waals surface area contributed by atoms with Crippen molar-refractivity contribution in [1.29, 1.82) is 0 Å². The summed E-state index contributed by atoms with van der Waals surface area (Å²) in [5.41, 5.74) is 4.18. The average Bonchev–Trinajstić information content (AvgIpc) is 2.62. The molecule has 2 nitrogen and oxygen atoms in total. The van der Waals surface area contributed by atoms with Gasteiger partial charge in [0.15, 0.2) is 5.82 Å². The van der Waals surface area contributed by atoms with Crippen LogP contribution in [0, 0.1) is 12.7 Å². The van der Waals surface area contributed by atoms with Crippen LogP contribution in [0.3, 0.4) is 0 Å². The molecule has 116 valence electrons. The first-order chi connectivity index (χ1) is 11.7. The van der Waals surface area contributed by atoms with Crippen LogP contribution in [0.15, 0.2) is 72.8 Å². The molecule has 0 saturated carbocycles. The number of nitrogens with zero attached hydrogens (tertiary/aromatic N) is 2. The third kappa shape index (κ3) is 2.54. The maximum atomic E-state index is 14.5. The molecule has 0 atom stereocenters. The maximum absolute atomic E-state index is 14.5. The Morgan fingerprint density at radius 2 is 1.46 bits per heavy atom. The number of rotatable bonds is 2. The van der Waals surface area contributed by atoms with E-state index in [9.17, 15) is 4.39 Å². The molecule has 0 aliphatic heterocycles. The molecule has 0 aliphatic carbocycles. The summed E-state index contributed by atoms with van der Waals surface area (Å²) >= 11 is 0. The van der Waals surface area contributed by atoms with Gasteiger partial charge in [-0.1, -0.05) is 66.2 Å². The van der Waals surface area contributed by atoms with Gasteiger partial charge in [0.2, 0.25) is 0 Å². The molecule has 0 unspecified atom stereocenters. The largest absolute Gasteiger partial charge is 0.228 e. The van der Waals surface area contributed by atoms with E-state index in [1.165, 1.54) is 6.07 Å². The lowest BCUT2D eigenvalue weighted by molar-refractivity contribution is 0.639. The minimum atomic E-state index is -0.303. The summed E-state index contributed by atoms with van der Waals surface area (Å²) in [4.78, 5) is 9.24. The first-order valence-corrected chi connectivity index (χ1v) is 7.81. The van der Waals surface area contributed by atoms with E-state index in [1.54, 1.807) is 6.07 Å². The molecule has 0 amide bonds. The lowest BCUT2D eigenvalue weighted by Crippen LogP contribution is -1.97. The van der Waals surface area contributed by atoms with Gasteiger partial charge in [-0.25, -0.2) is 14.4 Å². The van der Waals surface area contributed by atoms with Gasteiger partial charge in [-0.05, 0) is 19.1 Å². The number of fused-ring (bicyclic) bond motifs is 1. The van der Waals surface area contributed by atoms with E-state index < -0.39 is 0 Å². The molecule has 1 heterocycles. The molecule has 1 aromatic heterocycles. The molecular weight excluding hydrogens is 299 g/mol. The van der Waals surface area contributed by atoms with Crippen molar-refractivity contribution < 1.29 is 4.39 Å². The number of aromatic nitrogens is 2. The average molecular weight is 314 g/mol. The van der Waals surface area contributed by atoms with Crippen LogP contribution in [-0.4, -0.2) is 9.97 Å². The van der Waals surface area contributed by atoms with Crippen molar-refractivity contribution in [2.24, 2.45) is 0 Å². The van der Waals surface area contributed by atoms with Gasteiger partial charge in [-0.3, -0.25) is 0 Å². The fourth-order valence-corrected chi connectivity index (χ4v) is 2.78. The first-order valence-electron chi connectivity index (χ1n) is 7.81. The van der Waals surface area contributed by atoms with E-state index in [-0.39, 0.29) is 5.82 Å². The van der Waals surface area contributed by atoms with Crippen LogP contribution >= 0.6 is 0 Å². The van der Waals surface area contributed by atoms with Gasteiger partial charge in [-0.15, -0.1) is 0 Å². The molecule has 3 heteroatoms. The van der Waals surface area contributed by atoms with Crippen LogP contribution in [0.2, 0.25) is 0 Å². The third-order valence-electron chi connectivity index (χ3n) is 4.03. The van der Waals surface area contributed by atoms with Crippen molar-refractivity contribution in [2.75, 3.05) is 0 Å². The number of benzene rings is 3. The van der Waals surface area contributed by atoms with Gasteiger partial charge in [0, 0.05) is 11.1 Å². The van der Waals surface area contributed by atoms with Crippen molar-refractivity contribution >= 4 is 10.9 Å². The van der Waals surface area contributed by atoms with Crippen LogP contribution in [0.25, 0.3) is 33.5 Å². The van der Waals surface area contributed by atoms with Crippen LogP contribution in [0.4, 0.5) is 4.39 Å². The van der Waals surface area contributed by atoms with Crippen LogP contribution in [-0.2, 0) is 0 Å². The number of aryl methyl sites for hydroxylation is 1. The van der Waals surface area contributed by atoms with Crippen molar-refractivity contribution in [3.63, 3.8) is 0 Å². The van der Waals surface area contributed by atoms with Gasteiger partial charge >= 0.3 is 0 Å². The molecule has 24 heavy (non-hydrogen) atoms. The lowest BCUT2D eigenvalue weighted by Gasteiger charge is -2.10. The third-order valence-corrected chi connectivity index (χ3v) is 4.03. The summed E-state index contributed by atoms with van der Waals surface area (Å²) in [6, 6.07) is 22.7. The van der Waals surface area contributed by atoms with E-state index >= 15 is 0 Å². The summed E-state index contributed by atoms with van der Waals surface area (Å²) in [5, 5.41) is 0.459. The van der Waals surface area contributed by atoms with Crippen LogP contribution in [0.1, 0.15) is 5.56 Å². The first kappa shape index (κ1) is 14.5. The second kappa shape index (κ2) is 5.85. The minimum Gasteiger partial charge on any atom is -0.228 e. The van der Waals surface area contributed by atoms with Crippen LogP contribution < -0.4 is 0 Å². The highest BCUT2D eigenvalue weighted by Gasteiger charge is 2.14. The van der Waals surface area contributed by atoms with Crippen molar-refractivity contribution in [1.82, 2.24) is 9.97 Å². The molecule has 3 aromatic carbocycles. The molecule has 0 fully saturated rings. The Morgan fingerprint density at radius 1 is 0.708 bits per heavy atom. The Bertz CT molecular complexity index is 1010. The zero-order valence-electron chi connectivity index (χ0n) is 13.2. The molecule has 4 aromatic rings. The SMILES string of the molecule is Cc1ccc(-c2nc(-c3ccccc3)nc3cccc(F)c23)cc1. The maximum Gasteiger partial charge on any atom is 0.160 e. The van der Waals surface area contributed by atoms with Crippen molar-refractivity contribution in [3.05, 3.63) is 84.2 Å². The van der Waals surface area contributed by atoms with E-state index in [1.807, 2.05) is 67.6 Å². The zero-order chi connectivity index (χ0) is 16.5. The Morgan fingerprint density at radius 3 is 2.21 bits per heavy atom. The second-order valence-corrected chi connectivity index (χ2v) is 5.76. The topological polar surface area (TPSA) is 25.8 Å². The summed E-state index contributed by atoms with van der Waals surface area (Å²) in [6.07, 6.45) is 0. The van der Waals surface area contributed by atoms with Gasteiger partial charge in [-0.2, -0.15) is 0 Å². The zero-order valence-corrected chi connectivity index (χ0v) is 13.2. The molecule has 0 radical (unpaired) electrons.